The highest BCUT2D eigenvalue weighted by molar-refractivity contribution is 7.99. The van der Waals surface area contributed by atoms with Crippen molar-refractivity contribution in [1.82, 2.24) is 4.90 Å². The van der Waals surface area contributed by atoms with E-state index in [1.54, 1.807) is 0 Å². The van der Waals surface area contributed by atoms with Gasteiger partial charge in [-0.25, -0.2) is 0 Å². The number of hydrogen-bond acceptors (Lipinski definition) is 3. The third-order valence-electron chi connectivity index (χ3n) is 3.88. The summed E-state index contributed by atoms with van der Waals surface area (Å²) in [7, 11) is 0. The van der Waals surface area contributed by atoms with Crippen LogP contribution in [0, 0.1) is 5.92 Å². The molecule has 0 aromatic heterocycles. The van der Waals surface area contributed by atoms with Crippen molar-refractivity contribution in [3.05, 3.63) is 0 Å². The zero-order chi connectivity index (χ0) is 13.5. The minimum absolute atomic E-state index is 0.160. The molecule has 0 aromatic carbocycles. The van der Waals surface area contributed by atoms with Gasteiger partial charge in [-0.1, -0.05) is 33.6 Å². The van der Waals surface area contributed by atoms with E-state index in [-0.39, 0.29) is 17.9 Å². The van der Waals surface area contributed by atoms with Gasteiger partial charge in [0.05, 0.1) is 6.04 Å². The maximum atomic E-state index is 12.4. The lowest BCUT2D eigenvalue weighted by Crippen LogP contribution is -2.48. The zero-order valence-corrected chi connectivity index (χ0v) is 12.8. The number of amides is 1. The van der Waals surface area contributed by atoms with Crippen LogP contribution in [0.5, 0.6) is 0 Å². The van der Waals surface area contributed by atoms with Gasteiger partial charge in [-0.05, 0) is 24.5 Å². The maximum Gasteiger partial charge on any atom is 0.239 e. The minimum Gasteiger partial charge on any atom is -0.340 e. The molecule has 1 saturated heterocycles. The van der Waals surface area contributed by atoms with Crippen LogP contribution >= 0.6 is 11.8 Å². The molecule has 0 bridgehead atoms. The van der Waals surface area contributed by atoms with Crippen molar-refractivity contribution in [1.29, 1.82) is 0 Å². The molecule has 2 N–H and O–H groups in total. The molecule has 1 rings (SSSR count). The van der Waals surface area contributed by atoms with Crippen molar-refractivity contribution in [3.8, 4) is 0 Å². The Morgan fingerprint density at radius 1 is 1.44 bits per heavy atom. The zero-order valence-electron chi connectivity index (χ0n) is 12.0. The number of nitrogens with zero attached hydrogens (tertiary/aromatic N) is 1. The van der Waals surface area contributed by atoms with Crippen molar-refractivity contribution in [2.24, 2.45) is 11.7 Å². The summed E-state index contributed by atoms with van der Waals surface area (Å²) < 4.78 is 0. The third kappa shape index (κ3) is 4.47. The highest BCUT2D eigenvalue weighted by atomic mass is 32.2. The topological polar surface area (TPSA) is 46.3 Å². The number of thioether (sulfide) groups is 1. The highest BCUT2D eigenvalue weighted by Crippen LogP contribution is 2.23. The number of nitrogens with two attached hydrogens (primary N) is 1. The smallest absolute Gasteiger partial charge is 0.239 e. The van der Waals surface area contributed by atoms with Gasteiger partial charge < -0.3 is 10.6 Å². The fourth-order valence-corrected chi connectivity index (χ4v) is 3.47. The van der Waals surface area contributed by atoms with Crippen LogP contribution < -0.4 is 5.73 Å². The van der Waals surface area contributed by atoms with Gasteiger partial charge in [0, 0.05) is 18.3 Å². The summed E-state index contributed by atoms with van der Waals surface area (Å²) in [5.74, 6) is 1.57. The average molecular weight is 272 g/mol. The van der Waals surface area contributed by atoms with Crippen LogP contribution in [-0.2, 0) is 4.79 Å². The van der Waals surface area contributed by atoms with Crippen molar-refractivity contribution >= 4 is 17.7 Å². The van der Waals surface area contributed by atoms with Crippen LogP contribution in [0.25, 0.3) is 0 Å². The molecule has 1 aliphatic heterocycles. The van der Waals surface area contributed by atoms with Gasteiger partial charge in [-0.2, -0.15) is 11.8 Å². The van der Waals surface area contributed by atoms with Crippen LogP contribution in [0.2, 0.25) is 0 Å². The first kappa shape index (κ1) is 15.8. The van der Waals surface area contributed by atoms with Crippen molar-refractivity contribution in [2.45, 2.75) is 57.7 Å². The van der Waals surface area contributed by atoms with E-state index in [2.05, 4.69) is 20.8 Å². The lowest BCUT2D eigenvalue weighted by atomic mass is 9.99. The average Bonchev–Trinajstić information content (AvgIpc) is 2.62. The second-order valence-corrected chi connectivity index (χ2v) is 6.85. The van der Waals surface area contributed by atoms with E-state index < -0.39 is 0 Å². The largest absolute Gasteiger partial charge is 0.340 e. The molecule has 18 heavy (non-hydrogen) atoms. The Morgan fingerprint density at radius 3 is 2.78 bits per heavy atom. The summed E-state index contributed by atoms with van der Waals surface area (Å²) >= 11 is 1.98. The molecule has 106 valence electrons. The number of rotatable bonds is 5. The standard InChI is InChI=1S/C14H28N2OS/c1-4-11(3)13(15)14(17)16-9-7-6-8-12(10-16)18-5-2/h11-13H,4-10,15H2,1-3H3. The van der Waals surface area contributed by atoms with Crippen LogP contribution in [0.3, 0.4) is 0 Å². The quantitative estimate of drug-likeness (QED) is 0.836. The Labute approximate surface area is 116 Å². The maximum absolute atomic E-state index is 12.4. The molecule has 0 aliphatic carbocycles. The summed E-state index contributed by atoms with van der Waals surface area (Å²) in [4.78, 5) is 14.4. The van der Waals surface area contributed by atoms with E-state index >= 15 is 0 Å². The van der Waals surface area contributed by atoms with Gasteiger partial charge in [0.25, 0.3) is 0 Å². The molecular formula is C14H28N2OS. The molecule has 0 spiro atoms. The molecule has 1 amide bonds. The van der Waals surface area contributed by atoms with E-state index in [0.29, 0.717) is 5.25 Å². The minimum atomic E-state index is -0.319. The van der Waals surface area contributed by atoms with Gasteiger partial charge in [-0.15, -0.1) is 0 Å². The third-order valence-corrected chi connectivity index (χ3v) is 5.07. The van der Waals surface area contributed by atoms with E-state index in [9.17, 15) is 4.79 Å². The SMILES string of the molecule is CCSC1CCCCN(C(=O)C(N)C(C)CC)C1. The van der Waals surface area contributed by atoms with Crippen molar-refractivity contribution < 1.29 is 4.79 Å². The molecule has 0 radical (unpaired) electrons. The summed E-state index contributed by atoms with van der Waals surface area (Å²) in [6, 6.07) is -0.319. The Hall–Kier alpha value is -0.220. The van der Waals surface area contributed by atoms with Gasteiger partial charge in [0.2, 0.25) is 5.91 Å². The molecule has 1 fully saturated rings. The molecule has 3 atom stereocenters. The Bertz CT molecular complexity index is 260. The molecule has 4 heteroatoms. The Kier molecular flexibility index (Phi) is 7.08. The molecule has 1 heterocycles. The second-order valence-electron chi connectivity index (χ2n) is 5.27. The highest BCUT2D eigenvalue weighted by Gasteiger charge is 2.28. The Morgan fingerprint density at radius 2 is 2.17 bits per heavy atom. The molecular weight excluding hydrogens is 244 g/mol. The van der Waals surface area contributed by atoms with E-state index in [1.165, 1.54) is 12.8 Å². The van der Waals surface area contributed by atoms with Gasteiger partial charge in [-0.3, -0.25) is 4.79 Å². The van der Waals surface area contributed by atoms with E-state index in [0.717, 1.165) is 31.7 Å². The fraction of sp³-hybridized carbons (Fsp3) is 0.929. The summed E-state index contributed by atoms with van der Waals surface area (Å²) in [6.07, 6.45) is 4.56. The van der Waals surface area contributed by atoms with Crippen LogP contribution in [-0.4, -0.2) is 40.9 Å². The lowest BCUT2D eigenvalue weighted by molar-refractivity contribution is -0.133. The lowest BCUT2D eigenvalue weighted by Gasteiger charge is -2.28. The normalized spacial score (nSPS) is 24.4. The first-order chi connectivity index (χ1) is 8.60. The monoisotopic (exact) mass is 272 g/mol. The Balaban J connectivity index is 2.59. The molecule has 0 aromatic rings. The number of likely N-dealkylation sites (tertiary alicyclic amines) is 1. The van der Waals surface area contributed by atoms with Crippen molar-refractivity contribution in [2.75, 3.05) is 18.8 Å². The van der Waals surface area contributed by atoms with Crippen molar-refractivity contribution in [3.63, 3.8) is 0 Å². The van der Waals surface area contributed by atoms with Crippen LogP contribution in [0.15, 0.2) is 0 Å². The summed E-state index contributed by atoms with van der Waals surface area (Å²) in [6.45, 7) is 8.13. The van der Waals surface area contributed by atoms with E-state index in [4.69, 9.17) is 5.73 Å². The van der Waals surface area contributed by atoms with Gasteiger partial charge in [0.1, 0.15) is 0 Å². The predicted octanol–water partition coefficient (Wildman–Crippen LogP) is 2.49. The van der Waals surface area contributed by atoms with Crippen LogP contribution in [0.4, 0.5) is 0 Å². The van der Waals surface area contributed by atoms with E-state index in [1.807, 2.05) is 16.7 Å². The summed E-state index contributed by atoms with van der Waals surface area (Å²) in [5.41, 5.74) is 6.07. The first-order valence-corrected chi connectivity index (χ1v) is 8.30. The predicted molar refractivity (Wildman–Crippen MR) is 79.8 cm³/mol. The second kappa shape index (κ2) is 8.05. The number of hydrogen-bond donors (Lipinski definition) is 1. The van der Waals surface area contributed by atoms with Gasteiger partial charge in [0.15, 0.2) is 0 Å². The molecule has 1 aliphatic rings. The number of carbonyl (C=O) groups is 1. The first-order valence-electron chi connectivity index (χ1n) is 7.26. The molecule has 3 unspecified atom stereocenters. The van der Waals surface area contributed by atoms with Gasteiger partial charge >= 0.3 is 0 Å². The molecule has 3 nitrogen and oxygen atoms in total. The molecule has 0 saturated carbocycles. The fourth-order valence-electron chi connectivity index (χ4n) is 2.38. The van der Waals surface area contributed by atoms with Crippen LogP contribution in [0.1, 0.15) is 46.5 Å². The summed E-state index contributed by atoms with van der Waals surface area (Å²) in [5, 5.41) is 0.602. The number of carbonyl (C=O) groups excluding carboxylic acids is 1.